The first-order chi connectivity index (χ1) is 13.5. The quantitative estimate of drug-likeness (QED) is 0.553. The van der Waals surface area contributed by atoms with Gasteiger partial charge in [-0.25, -0.2) is 0 Å². The predicted octanol–water partition coefficient (Wildman–Crippen LogP) is 5.80. The molecule has 0 saturated heterocycles. The fourth-order valence-corrected chi connectivity index (χ4v) is 6.53. The first-order valence-electron chi connectivity index (χ1n) is 9.30. The summed E-state index contributed by atoms with van der Waals surface area (Å²) >= 11 is 0. The van der Waals surface area contributed by atoms with Crippen molar-refractivity contribution < 1.29 is 18.3 Å². The van der Waals surface area contributed by atoms with Gasteiger partial charge in [-0.1, -0.05) is 73.7 Å². The summed E-state index contributed by atoms with van der Waals surface area (Å²) in [6.45, 7) is 2.13. The van der Waals surface area contributed by atoms with Crippen molar-refractivity contribution in [1.82, 2.24) is 0 Å². The van der Waals surface area contributed by atoms with Gasteiger partial charge in [0.25, 0.3) is 0 Å². The highest BCUT2D eigenvalue weighted by Crippen LogP contribution is 2.71. The molecule has 1 aliphatic carbocycles. The zero-order valence-corrected chi connectivity index (χ0v) is 17.6. The molecule has 3 rings (SSSR count). The Morgan fingerprint density at radius 1 is 0.821 bits per heavy atom. The third-order valence-corrected chi connectivity index (χ3v) is 8.19. The number of rotatable bonds is 7. The molecule has 0 radical (unpaired) electrons. The molecule has 0 aliphatic heterocycles. The Bertz CT molecular complexity index is 881. The standard InChI is InChI=1S/C23H27O4P/c1-18-10-8-9-13-22(18)23(28(24,26-3)27-4,19-11-6-5-7-12-19)20-14-16-21(25-2)17-15-20/h5-18,22H,1-4H3. The van der Waals surface area contributed by atoms with Gasteiger partial charge in [0.15, 0.2) is 0 Å². The molecule has 3 unspecified atom stereocenters. The highest BCUT2D eigenvalue weighted by atomic mass is 31.2. The number of hydrogen-bond acceptors (Lipinski definition) is 4. The molecule has 0 amide bonds. The molecule has 2 aromatic carbocycles. The molecule has 0 bridgehead atoms. The summed E-state index contributed by atoms with van der Waals surface area (Å²) in [4.78, 5) is 0. The van der Waals surface area contributed by atoms with Crippen LogP contribution in [0.15, 0.2) is 78.9 Å². The van der Waals surface area contributed by atoms with Gasteiger partial charge >= 0.3 is 7.60 Å². The number of methoxy groups -OCH3 is 1. The van der Waals surface area contributed by atoms with E-state index in [0.29, 0.717) is 0 Å². The summed E-state index contributed by atoms with van der Waals surface area (Å²) in [5, 5.41) is -1.01. The Labute approximate surface area is 167 Å². The Balaban J connectivity index is 2.39. The Morgan fingerprint density at radius 2 is 1.39 bits per heavy atom. The molecule has 0 fully saturated rings. The van der Waals surface area contributed by atoms with E-state index in [-0.39, 0.29) is 11.8 Å². The molecular weight excluding hydrogens is 371 g/mol. The van der Waals surface area contributed by atoms with Crippen molar-refractivity contribution in [3.63, 3.8) is 0 Å². The normalized spacial score (nSPS) is 21.3. The second-order valence-corrected chi connectivity index (χ2v) is 9.31. The van der Waals surface area contributed by atoms with E-state index in [4.69, 9.17) is 13.8 Å². The largest absolute Gasteiger partial charge is 0.497 e. The third kappa shape index (κ3) is 3.26. The first-order valence-corrected chi connectivity index (χ1v) is 10.8. The molecule has 3 atom stereocenters. The van der Waals surface area contributed by atoms with Crippen molar-refractivity contribution in [2.75, 3.05) is 21.3 Å². The van der Waals surface area contributed by atoms with Gasteiger partial charge in [0, 0.05) is 20.1 Å². The van der Waals surface area contributed by atoms with E-state index in [1.807, 2.05) is 66.7 Å². The smallest absolute Gasteiger partial charge is 0.345 e. The molecule has 0 spiro atoms. The van der Waals surface area contributed by atoms with Crippen molar-refractivity contribution >= 4 is 7.60 Å². The van der Waals surface area contributed by atoms with Crippen LogP contribution in [0.5, 0.6) is 5.75 Å². The number of hydrogen-bond donors (Lipinski definition) is 0. The Kier molecular flexibility index (Phi) is 6.24. The van der Waals surface area contributed by atoms with Crippen molar-refractivity contribution in [2.24, 2.45) is 11.8 Å². The van der Waals surface area contributed by atoms with Crippen molar-refractivity contribution in [1.29, 1.82) is 0 Å². The van der Waals surface area contributed by atoms with E-state index in [2.05, 4.69) is 19.1 Å². The maximum atomic E-state index is 14.2. The van der Waals surface area contributed by atoms with Gasteiger partial charge in [0.2, 0.25) is 0 Å². The molecule has 148 valence electrons. The Hall–Kier alpha value is -2.13. The second-order valence-electron chi connectivity index (χ2n) is 6.88. The molecule has 2 aromatic rings. The van der Waals surface area contributed by atoms with Crippen LogP contribution in [0.2, 0.25) is 0 Å². The lowest BCUT2D eigenvalue weighted by atomic mass is 9.72. The molecule has 0 heterocycles. The van der Waals surface area contributed by atoms with Crippen LogP contribution in [0.1, 0.15) is 18.1 Å². The van der Waals surface area contributed by atoms with E-state index >= 15 is 0 Å². The minimum absolute atomic E-state index is 0.126. The van der Waals surface area contributed by atoms with E-state index in [1.54, 1.807) is 7.11 Å². The minimum Gasteiger partial charge on any atom is -0.497 e. The average molecular weight is 398 g/mol. The molecule has 0 N–H and O–H groups in total. The summed E-state index contributed by atoms with van der Waals surface area (Å²) in [5.74, 6) is 0.743. The summed E-state index contributed by atoms with van der Waals surface area (Å²) < 4.78 is 30.9. The maximum absolute atomic E-state index is 14.2. The zero-order valence-electron chi connectivity index (χ0n) is 16.7. The SMILES string of the molecule is COc1ccc(C(c2ccccc2)(C2C=CC=CC2C)P(=O)(OC)OC)cc1. The van der Waals surface area contributed by atoms with Crippen LogP contribution in [-0.4, -0.2) is 21.3 Å². The van der Waals surface area contributed by atoms with Crippen LogP contribution >= 0.6 is 7.60 Å². The molecule has 4 nitrogen and oxygen atoms in total. The molecule has 1 aliphatic rings. The zero-order chi connectivity index (χ0) is 20.2. The average Bonchev–Trinajstić information content (AvgIpc) is 2.76. The maximum Gasteiger partial charge on any atom is 0.345 e. The van der Waals surface area contributed by atoms with Crippen LogP contribution in [0.3, 0.4) is 0 Å². The summed E-state index contributed by atoms with van der Waals surface area (Å²) in [7, 11) is 0.923. The van der Waals surface area contributed by atoms with E-state index < -0.39 is 12.8 Å². The predicted molar refractivity (Wildman–Crippen MR) is 113 cm³/mol. The Morgan fingerprint density at radius 3 is 1.93 bits per heavy atom. The third-order valence-electron chi connectivity index (χ3n) is 5.55. The van der Waals surface area contributed by atoms with Gasteiger partial charge in [0.1, 0.15) is 10.9 Å². The topological polar surface area (TPSA) is 44.8 Å². The van der Waals surface area contributed by atoms with Gasteiger partial charge < -0.3 is 13.8 Å². The van der Waals surface area contributed by atoms with Crippen LogP contribution in [0, 0.1) is 11.8 Å². The van der Waals surface area contributed by atoms with Crippen LogP contribution in [0.25, 0.3) is 0 Å². The lowest BCUT2D eigenvalue weighted by molar-refractivity contribution is 0.229. The van der Waals surface area contributed by atoms with Crippen molar-refractivity contribution in [2.45, 2.75) is 12.1 Å². The second kappa shape index (κ2) is 8.48. The monoisotopic (exact) mass is 398 g/mol. The molecule has 0 saturated carbocycles. The van der Waals surface area contributed by atoms with Crippen LogP contribution in [-0.2, 0) is 18.8 Å². The molecule has 0 aromatic heterocycles. The van der Waals surface area contributed by atoms with E-state index in [0.717, 1.165) is 16.9 Å². The fraction of sp³-hybridized carbons (Fsp3) is 0.304. The van der Waals surface area contributed by atoms with Crippen LogP contribution in [0.4, 0.5) is 0 Å². The van der Waals surface area contributed by atoms with E-state index in [1.165, 1.54) is 14.2 Å². The first kappa shape index (κ1) is 20.6. The van der Waals surface area contributed by atoms with Gasteiger partial charge in [-0.15, -0.1) is 0 Å². The molecular formula is C23H27O4P. The molecule has 28 heavy (non-hydrogen) atoms. The fourth-order valence-electron chi connectivity index (χ4n) is 4.19. The van der Waals surface area contributed by atoms with E-state index in [9.17, 15) is 4.57 Å². The summed E-state index contributed by atoms with van der Waals surface area (Å²) in [6, 6.07) is 17.5. The number of ether oxygens (including phenoxy) is 1. The van der Waals surface area contributed by atoms with Crippen LogP contribution < -0.4 is 4.74 Å². The van der Waals surface area contributed by atoms with Gasteiger partial charge in [0.05, 0.1) is 7.11 Å². The number of benzene rings is 2. The molecule has 5 heteroatoms. The number of allylic oxidation sites excluding steroid dienone is 4. The van der Waals surface area contributed by atoms with Gasteiger partial charge in [-0.3, -0.25) is 4.57 Å². The van der Waals surface area contributed by atoms with Gasteiger partial charge in [-0.05, 0) is 29.2 Å². The van der Waals surface area contributed by atoms with Gasteiger partial charge in [-0.2, -0.15) is 0 Å². The highest BCUT2D eigenvalue weighted by Gasteiger charge is 2.58. The highest BCUT2D eigenvalue weighted by molar-refractivity contribution is 7.55. The lowest BCUT2D eigenvalue weighted by Gasteiger charge is -2.46. The minimum atomic E-state index is -3.62. The summed E-state index contributed by atoms with van der Waals surface area (Å²) in [6.07, 6.45) is 8.26. The summed E-state index contributed by atoms with van der Waals surface area (Å²) in [5.41, 5.74) is 1.76. The lowest BCUT2D eigenvalue weighted by Crippen LogP contribution is -2.40. The van der Waals surface area contributed by atoms with Crippen molar-refractivity contribution in [3.05, 3.63) is 90.0 Å². The van der Waals surface area contributed by atoms with Crippen molar-refractivity contribution in [3.8, 4) is 5.75 Å².